The Bertz CT molecular complexity index is 844. The van der Waals surface area contributed by atoms with Gasteiger partial charge in [0.2, 0.25) is 5.91 Å². The van der Waals surface area contributed by atoms with Crippen molar-refractivity contribution in [3.8, 4) is 0 Å². The first kappa shape index (κ1) is 14.8. The minimum Gasteiger partial charge on any atom is -0.379 e. The quantitative estimate of drug-likeness (QED) is 0.771. The van der Waals surface area contributed by atoms with Crippen LogP contribution in [-0.4, -0.2) is 57.7 Å². The summed E-state index contributed by atoms with van der Waals surface area (Å²) in [4.78, 5) is 14.5. The number of methoxy groups -OCH3 is 1. The van der Waals surface area contributed by atoms with Crippen molar-refractivity contribution in [3.05, 3.63) is 41.9 Å². The number of likely N-dealkylation sites (tertiary alicyclic amines) is 1. The molecule has 24 heavy (non-hydrogen) atoms. The molecule has 1 amide bonds. The summed E-state index contributed by atoms with van der Waals surface area (Å²) < 4.78 is 10.8. The number of carbonyl (C=O) groups excluding carboxylic acids is 1. The van der Waals surface area contributed by atoms with Crippen LogP contribution in [0.1, 0.15) is 17.3 Å². The summed E-state index contributed by atoms with van der Waals surface area (Å²) in [5.41, 5.74) is 2.16. The van der Waals surface area contributed by atoms with E-state index in [1.165, 1.54) is 0 Å². The summed E-state index contributed by atoms with van der Waals surface area (Å²) in [6, 6.07) is 7.54. The van der Waals surface area contributed by atoms with Gasteiger partial charge in [0.1, 0.15) is 5.69 Å². The van der Waals surface area contributed by atoms with Crippen molar-refractivity contribution in [2.45, 2.75) is 18.4 Å². The van der Waals surface area contributed by atoms with Crippen LogP contribution in [0, 0.1) is 0 Å². The minimum atomic E-state index is -0.0897. The number of amides is 1. The fraction of sp³-hybridized carbons (Fsp3) is 0.375. The molecule has 8 heteroatoms. The van der Waals surface area contributed by atoms with Crippen molar-refractivity contribution in [2.75, 3.05) is 20.2 Å². The number of hydrogen-bond donors (Lipinski definition) is 1. The number of para-hydroxylation sites is 1. The molecule has 0 bridgehead atoms. The van der Waals surface area contributed by atoms with Gasteiger partial charge in [-0.05, 0) is 12.1 Å². The summed E-state index contributed by atoms with van der Waals surface area (Å²) in [6.45, 7) is 1.09. The molecule has 3 aromatic rings. The Kier molecular flexibility index (Phi) is 3.73. The van der Waals surface area contributed by atoms with E-state index < -0.39 is 0 Å². The monoisotopic (exact) mass is 327 g/mol. The molecule has 0 saturated carbocycles. The summed E-state index contributed by atoms with van der Waals surface area (Å²) in [7, 11) is 1.65. The number of hydrogen-bond acceptors (Lipinski definition) is 6. The Morgan fingerprint density at radius 3 is 3.08 bits per heavy atom. The first-order valence-electron chi connectivity index (χ1n) is 7.76. The summed E-state index contributed by atoms with van der Waals surface area (Å²) in [6.07, 6.45) is 1.79. The highest BCUT2D eigenvalue weighted by atomic mass is 16.5. The van der Waals surface area contributed by atoms with Crippen LogP contribution >= 0.6 is 0 Å². The maximum Gasteiger partial charge on any atom is 0.228 e. The van der Waals surface area contributed by atoms with Crippen molar-refractivity contribution < 1.29 is 14.1 Å². The first-order valence-corrected chi connectivity index (χ1v) is 7.76. The lowest BCUT2D eigenvalue weighted by atomic mass is 10.0. The zero-order chi connectivity index (χ0) is 16.5. The van der Waals surface area contributed by atoms with Crippen LogP contribution < -0.4 is 0 Å². The lowest BCUT2D eigenvalue weighted by Gasteiger charge is -2.15. The van der Waals surface area contributed by atoms with Crippen molar-refractivity contribution in [1.29, 1.82) is 0 Å². The zero-order valence-corrected chi connectivity index (χ0v) is 13.2. The number of H-pyrrole nitrogens is 1. The van der Waals surface area contributed by atoms with Crippen LogP contribution in [0.4, 0.5) is 0 Å². The van der Waals surface area contributed by atoms with Gasteiger partial charge < -0.3 is 14.2 Å². The summed E-state index contributed by atoms with van der Waals surface area (Å²) in [5.74, 6) is 0.0221. The van der Waals surface area contributed by atoms with Crippen LogP contribution in [-0.2, 0) is 16.0 Å². The number of nitrogens with one attached hydrogen (secondary N) is 1. The molecule has 124 valence electrons. The van der Waals surface area contributed by atoms with Gasteiger partial charge in [-0.15, -0.1) is 0 Å². The molecule has 1 N–H and O–H groups in total. The molecule has 0 unspecified atom stereocenters. The number of benzene rings is 1. The second kappa shape index (κ2) is 6.04. The van der Waals surface area contributed by atoms with Crippen molar-refractivity contribution in [3.63, 3.8) is 0 Å². The zero-order valence-electron chi connectivity index (χ0n) is 13.2. The standard InChI is InChI=1S/C16H17N5O3/c1-23-15-9-21(8-11(15)13-7-17-20-18-13)16(22)6-12-10-4-2-3-5-14(10)24-19-12/h2-5,7,11,15H,6,8-9H2,1H3,(H,17,18,20)/t11-,15+/m0/s1. The van der Waals surface area contributed by atoms with Gasteiger partial charge in [0.15, 0.2) is 5.58 Å². The van der Waals surface area contributed by atoms with Crippen molar-refractivity contribution in [1.82, 2.24) is 25.5 Å². The number of aromatic nitrogens is 4. The molecule has 1 aliphatic heterocycles. The number of fused-ring (bicyclic) bond motifs is 1. The lowest BCUT2D eigenvalue weighted by molar-refractivity contribution is -0.129. The minimum absolute atomic E-state index is 0.00194. The predicted molar refractivity (Wildman–Crippen MR) is 84.2 cm³/mol. The van der Waals surface area contributed by atoms with Crippen LogP contribution in [0.25, 0.3) is 11.0 Å². The fourth-order valence-corrected chi connectivity index (χ4v) is 3.21. The van der Waals surface area contributed by atoms with Gasteiger partial charge >= 0.3 is 0 Å². The molecular weight excluding hydrogens is 310 g/mol. The predicted octanol–water partition coefficient (Wildman–Crippen LogP) is 1.13. The third-order valence-electron chi connectivity index (χ3n) is 4.51. The Balaban J connectivity index is 1.51. The molecule has 2 atom stereocenters. The Hall–Kier alpha value is -2.74. The molecule has 1 aromatic carbocycles. The van der Waals surface area contributed by atoms with Crippen LogP contribution in [0.3, 0.4) is 0 Å². The molecular formula is C16H17N5O3. The molecule has 4 rings (SSSR count). The Morgan fingerprint density at radius 1 is 1.42 bits per heavy atom. The molecule has 3 heterocycles. The fourth-order valence-electron chi connectivity index (χ4n) is 3.21. The normalized spacial score (nSPS) is 20.8. The van der Waals surface area contributed by atoms with Gasteiger partial charge in [-0.2, -0.15) is 15.4 Å². The van der Waals surface area contributed by atoms with E-state index in [1.54, 1.807) is 18.2 Å². The van der Waals surface area contributed by atoms with Gasteiger partial charge in [-0.1, -0.05) is 17.3 Å². The Morgan fingerprint density at radius 2 is 2.29 bits per heavy atom. The highest BCUT2D eigenvalue weighted by molar-refractivity contribution is 5.86. The van der Waals surface area contributed by atoms with Gasteiger partial charge in [0, 0.05) is 25.6 Å². The molecule has 1 saturated heterocycles. The molecule has 0 aliphatic carbocycles. The number of aromatic amines is 1. The smallest absolute Gasteiger partial charge is 0.228 e. The Labute approximate surface area is 137 Å². The van der Waals surface area contributed by atoms with Gasteiger partial charge in [0.05, 0.1) is 30.3 Å². The third kappa shape index (κ3) is 2.54. The van der Waals surface area contributed by atoms with Gasteiger partial charge in [0.25, 0.3) is 0 Å². The van der Waals surface area contributed by atoms with E-state index in [0.29, 0.717) is 24.4 Å². The number of ether oxygens (including phenoxy) is 1. The summed E-state index contributed by atoms with van der Waals surface area (Å²) >= 11 is 0. The first-order chi connectivity index (χ1) is 11.8. The maximum atomic E-state index is 12.7. The summed E-state index contributed by atoms with van der Waals surface area (Å²) in [5, 5.41) is 15.5. The lowest BCUT2D eigenvalue weighted by Crippen LogP contribution is -2.31. The average molecular weight is 327 g/mol. The van der Waals surface area contributed by atoms with E-state index in [-0.39, 0.29) is 24.3 Å². The molecule has 0 radical (unpaired) electrons. The van der Waals surface area contributed by atoms with E-state index in [2.05, 4.69) is 20.6 Å². The highest BCUT2D eigenvalue weighted by Gasteiger charge is 2.37. The van der Waals surface area contributed by atoms with E-state index in [9.17, 15) is 4.79 Å². The van der Waals surface area contributed by atoms with Crippen molar-refractivity contribution in [2.24, 2.45) is 0 Å². The van der Waals surface area contributed by atoms with Crippen LogP contribution in [0.5, 0.6) is 0 Å². The topological polar surface area (TPSA) is 97.1 Å². The second-order valence-corrected chi connectivity index (χ2v) is 5.88. The second-order valence-electron chi connectivity index (χ2n) is 5.88. The van der Waals surface area contributed by atoms with Gasteiger partial charge in [-0.3, -0.25) is 4.79 Å². The maximum absolute atomic E-state index is 12.7. The molecule has 2 aromatic heterocycles. The van der Waals surface area contributed by atoms with Crippen LogP contribution in [0.2, 0.25) is 0 Å². The number of nitrogens with zero attached hydrogens (tertiary/aromatic N) is 4. The number of carbonyl (C=O) groups is 1. The SMILES string of the molecule is CO[C@@H]1CN(C(=O)Cc2noc3ccccc23)C[C@H]1c1cn[nH]n1. The van der Waals surface area contributed by atoms with Gasteiger partial charge in [-0.25, -0.2) is 0 Å². The van der Waals surface area contributed by atoms with Crippen molar-refractivity contribution >= 4 is 16.9 Å². The van der Waals surface area contributed by atoms with Crippen LogP contribution in [0.15, 0.2) is 35.0 Å². The molecule has 8 nitrogen and oxygen atoms in total. The molecule has 1 fully saturated rings. The number of rotatable bonds is 4. The molecule has 1 aliphatic rings. The van der Waals surface area contributed by atoms with E-state index in [4.69, 9.17) is 9.26 Å². The van der Waals surface area contributed by atoms with E-state index >= 15 is 0 Å². The average Bonchev–Trinajstić information content (AvgIpc) is 3.34. The molecule has 0 spiro atoms. The highest BCUT2D eigenvalue weighted by Crippen LogP contribution is 2.28. The third-order valence-corrected chi connectivity index (χ3v) is 4.51. The van der Waals surface area contributed by atoms with E-state index in [1.807, 2.05) is 24.3 Å². The largest absolute Gasteiger partial charge is 0.379 e. The van der Waals surface area contributed by atoms with E-state index in [0.717, 1.165) is 11.1 Å².